The van der Waals surface area contributed by atoms with E-state index in [2.05, 4.69) is 10.2 Å². The molecule has 0 atom stereocenters. The van der Waals surface area contributed by atoms with E-state index < -0.39 is 5.41 Å². The molecule has 0 aromatic heterocycles. The Morgan fingerprint density at radius 1 is 0.935 bits per heavy atom. The van der Waals surface area contributed by atoms with E-state index in [1.807, 2.05) is 61.2 Å². The van der Waals surface area contributed by atoms with E-state index in [-0.39, 0.29) is 11.8 Å². The van der Waals surface area contributed by atoms with E-state index in [0.29, 0.717) is 63.1 Å². The normalized spacial score (nSPS) is 16.6. The first-order valence-electron chi connectivity index (χ1n) is 10.7. The number of ether oxygens (including phenoxy) is 2. The Balaban J connectivity index is 1.28. The van der Waals surface area contributed by atoms with Crippen LogP contribution in [0.5, 0.6) is 11.5 Å². The van der Waals surface area contributed by atoms with E-state index in [9.17, 15) is 9.59 Å². The zero-order valence-corrected chi connectivity index (χ0v) is 18.1. The summed E-state index contributed by atoms with van der Waals surface area (Å²) in [5.74, 6) is 1.39. The Labute approximate surface area is 182 Å². The number of amides is 2. The molecule has 2 heterocycles. The summed E-state index contributed by atoms with van der Waals surface area (Å²) < 4.78 is 11.1. The van der Waals surface area contributed by atoms with Gasteiger partial charge in [-0.05, 0) is 31.5 Å². The Kier molecular flexibility index (Phi) is 6.13. The van der Waals surface area contributed by atoms with Gasteiger partial charge >= 0.3 is 0 Å². The molecule has 0 saturated carbocycles. The summed E-state index contributed by atoms with van der Waals surface area (Å²) >= 11 is 0. The number of hydrogen-bond donors (Lipinski definition) is 1. The first-order valence-corrected chi connectivity index (χ1v) is 10.7. The summed E-state index contributed by atoms with van der Waals surface area (Å²) in [6.45, 7) is 7.85. The van der Waals surface area contributed by atoms with Gasteiger partial charge < -0.3 is 19.7 Å². The number of carbonyl (C=O) groups is 2. The second-order valence-corrected chi connectivity index (χ2v) is 8.47. The van der Waals surface area contributed by atoms with Crippen LogP contribution in [0.4, 0.5) is 5.69 Å². The van der Waals surface area contributed by atoms with Crippen LogP contribution >= 0.6 is 0 Å². The molecular formula is C24H29N3O4. The van der Waals surface area contributed by atoms with Gasteiger partial charge in [-0.25, -0.2) is 0 Å². The van der Waals surface area contributed by atoms with Crippen molar-refractivity contribution in [2.24, 2.45) is 0 Å². The second kappa shape index (κ2) is 8.98. The molecule has 4 rings (SSSR count). The van der Waals surface area contributed by atoms with E-state index in [1.54, 1.807) is 6.07 Å². The van der Waals surface area contributed by atoms with Crippen molar-refractivity contribution in [3.63, 3.8) is 0 Å². The topological polar surface area (TPSA) is 71.1 Å². The molecule has 1 N–H and O–H groups in total. The molecule has 0 spiro atoms. The van der Waals surface area contributed by atoms with Crippen molar-refractivity contribution in [2.75, 3.05) is 51.3 Å². The Bertz CT molecular complexity index is 937. The molecule has 31 heavy (non-hydrogen) atoms. The number of fused-ring (bicyclic) bond motifs is 1. The van der Waals surface area contributed by atoms with Crippen molar-refractivity contribution in [2.45, 2.75) is 19.3 Å². The quantitative estimate of drug-likeness (QED) is 0.800. The minimum Gasteiger partial charge on any atom is -0.486 e. The van der Waals surface area contributed by atoms with Crippen molar-refractivity contribution < 1.29 is 19.1 Å². The average Bonchev–Trinajstić information content (AvgIpc) is 2.79. The van der Waals surface area contributed by atoms with Crippen molar-refractivity contribution in [1.82, 2.24) is 9.80 Å². The Hall–Kier alpha value is -3.06. The lowest BCUT2D eigenvalue weighted by Gasteiger charge is -2.38. The second-order valence-electron chi connectivity index (χ2n) is 8.47. The molecule has 0 radical (unpaired) electrons. The molecule has 0 bridgehead atoms. The molecule has 2 aromatic carbocycles. The summed E-state index contributed by atoms with van der Waals surface area (Å²) in [4.78, 5) is 29.6. The fourth-order valence-corrected chi connectivity index (χ4v) is 4.01. The molecule has 0 aliphatic carbocycles. The minimum absolute atomic E-state index is 0.0823. The molecule has 2 aliphatic rings. The molecule has 164 valence electrons. The average molecular weight is 424 g/mol. The number of hydrogen-bond acceptors (Lipinski definition) is 5. The van der Waals surface area contributed by atoms with Crippen molar-refractivity contribution in [1.29, 1.82) is 0 Å². The number of nitrogens with zero attached hydrogens (tertiary/aromatic N) is 2. The summed E-state index contributed by atoms with van der Waals surface area (Å²) in [6.07, 6.45) is 0. The van der Waals surface area contributed by atoms with Crippen LogP contribution in [-0.4, -0.2) is 67.6 Å². The van der Waals surface area contributed by atoms with Crippen LogP contribution in [0.25, 0.3) is 0 Å². The molecule has 1 fully saturated rings. The van der Waals surface area contributed by atoms with Gasteiger partial charge in [-0.1, -0.05) is 30.3 Å². The first-order chi connectivity index (χ1) is 14.9. The van der Waals surface area contributed by atoms with Crippen LogP contribution in [0.15, 0.2) is 48.5 Å². The third-order valence-electron chi connectivity index (χ3n) is 5.88. The largest absolute Gasteiger partial charge is 0.486 e. The van der Waals surface area contributed by atoms with E-state index >= 15 is 0 Å². The van der Waals surface area contributed by atoms with Gasteiger partial charge in [0.2, 0.25) is 11.8 Å². The van der Waals surface area contributed by atoms with E-state index in [0.717, 1.165) is 5.56 Å². The Morgan fingerprint density at radius 2 is 1.61 bits per heavy atom. The van der Waals surface area contributed by atoms with Gasteiger partial charge in [-0.15, -0.1) is 0 Å². The Morgan fingerprint density at radius 3 is 2.32 bits per heavy atom. The van der Waals surface area contributed by atoms with Crippen molar-refractivity contribution in [3.05, 3.63) is 54.1 Å². The predicted molar refractivity (Wildman–Crippen MR) is 119 cm³/mol. The van der Waals surface area contributed by atoms with Gasteiger partial charge in [-0.3, -0.25) is 14.5 Å². The van der Waals surface area contributed by atoms with Crippen LogP contribution < -0.4 is 14.8 Å². The number of benzene rings is 2. The van der Waals surface area contributed by atoms with Crippen LogP contribution in [-0.2, 0) is 15.0 Å². The third kappa shape index (κ3) is 4.82. The number of rotatable bonds is 5. The summed E-state index contributed by atoms with van der Waals surface area (Å²) in [7, 11) is 0. The molecule has 7 heteroatoms. The van der Waals surface area contributed by atoms with Gasteiger partial charge in [0.1, 0.15) is 13.2 Å². The number of piperazine rings is 1. The summed E-state index contributed by atoms with van der Waals surface area (Å²) in [5.41, 5.74) is 1.13. The highest BCUT2D eigenvalue weighted by Crippen LogP contribution is 2.32. The molecule has 2 aromatic rings. The summed E-state index contributed by atoms with van der Waals surface area (Å²) in [6, 6.07) is 15.3. The maximum absolute atomic E-state index is 13.1. The molecule has 7 nitrogen and oxygen atoms in total. The highest BCUT2D eigenvalue weighted by molar-refractivity contribution is 5.92. The van der Waals surface area contributed by atoms with Crippen LogP contribution in [0.3, 0.4) is 0 Å². The summed E-state index contributed by atoms with van der Waals surface area (Å²) in [5, 5.41) is 2.92. The lowest BCUT2D eigenvalue weighted by Crippen LogP contribution is -2.54. The van der Waals surface area contributed by atoms with Gasteiger partial charge in [-0.2, -0.15) is 0 Å². The predicted octanol–water partition coefficient (Wildman–Crippen LogP) is 2.52. The van der Waals surface area contributed by atoms with Gasteiger partial charge in [0.15, 0.2) is 11.5 Å². The van der Waals surface area contributed by atoms with Gasteiger partial charge in [0, 0.05) is 37.9 Å². The molecule has 0 unspecified atom stereocenters. The molecule has 2 aliphatic heterocycles. The molecule has 2 amide bonds. The van der Waals surface area contributed by atoms with Crippen LogP contribution in [0.2, 0.25) is 0 Å². The highest BCUT2D eigenvalue weighted by atomic mass is 16.6. The van der Waals surface area contributed by atoms with Gasteiger partial charge in [0.05, 0.1) is 12.0 Å². The minimum atomic E-state index is -0.570. The van der Waals surface area contributed by atoms with Gasteiger partial charge in [0.25, 0.3) is 0 Å². The highest BCUT2D eigenvalue weighted by Gasteiger charge is 2.35. The fourth-order valence-electron chi connectivity index (χ4n) is 4.01. The maximum atomic E-state index is 13.1. The van der Waals surface area contributed by atoms with Crippen molar-refractivity contribution in [3.8, 4) is 11.5 Å². The first kappa shape index (κ1) is 21.2. The monoisotopic (exact) mass is 423 g/mol. The van der Waals surface area contributed by atoms with Crippen molar-refractivity contribution >= 4 is 17.5 Å². The van der Waals surface area contributed by atoms with E-state index in [1.165, 1.54) is 0 Å². The third-order valence-corrected chi connectivity index (χ3v) is 5.88. The molecule has 1 saturated heterocycles. The van der Waals surface area contributed by atoms with E-state index in [4.69, 9.17) is 9.47 Å². The standard InChI is InChI=1S/C24H29N3O4/c1-24(2,18-6-4-3-5-7-18)23(29)27-12-10-26(11-13-27)17-22(28)25-19-8-9-20-21(16-19)31-15-14-30-20/h3-9,16H,10-15,17H2,1-2H3,(H,25,28). The SMILES string of the molecule is CC(C)(C(=O)N1CCN(CC(=O)Nc2ccc3c(c2)OCCO3)CC1)c1ccccc1. The lowest BCUT2D eigenvalue weighted by molar-refractivity contribution is -0.138. The number of nitrogens with one attached hydrogen (secondary N) is 1. The zero-order chi connectivity index (χ0) is 21.8. The smallest absolute Gasteiger partial charge is 0.238 e. The maximum Gasteiger partial charge on any atom is 0.238 e. The molecular weight excluding hydrogens is 394 g/mol. The van der Waals surface area contributed by atoms with Crippen LogP contribution in [0.1, 0.15) is 19.4 Å². The fraction of sp³-hybridized carbons (Fsp3) is 0.417. The lowest BCUT2D eigenvalue weighted by atomic mass is 9.83. The number of carbonyl (C=O) groups excluding carboxylic acids is 2. The van der Waals surface area contributed by atoms with Crippen LogP contribution in [0, 0.1) is 0 Å². The number of anilines is 1. The zero-order valence-electron chi connectivity index (χ0n) is 18.1.